The minimum atomic E-state index is -0.795. The lowest BCUT2D eigenvalue weighted by Gasteiger charge is -2.39. The second-order valence-corrected chi connectivity index (χ2v) is 10.3. The highest BCUT2D eigenvalue weighted by atomic mass is 19.2. The van der Waals surface area contributed by atoms with E-state index in [-0.39, 0.29) is 11.7 Å². The largest absolute Gasteiger partial charge is 0.490 e. The Labute approximate surface area is 182 Å². The van der Waals surface area contributed by atoms with Gasteiger partial charge in [-0.25, -0.2) is 4.39 Å². The summed E-state index contributed by atoms with van der Waals surface area (Å²) in [5.74, 6) is 2.45. The molecule has 0 amide bonds. The summed E-state index contributed by atoms with van der Waals surface area (Å²) in [7, 11) is 0. The zero-order valence-corrected chi connectivity index (χ0v) is 18.8. The summed E-state index contributed by atoms with van der Waals surface area (Å²) in [6, 6.07) is 3.41. The monoisotopic (exact) mass is 418 g/mol. The van der Waals surface area contributed by atoms with E-state index in [4.69, 9.17) is 4.74 Å². The summed E-state index contributed by atoms with van der Waals surface area (Å²) in [6.45, 7) is 2.50. The number of ether oxygens (including phenoxy) is 1. The quantitative estimate of drug-likeness (QED) is 0.404. The molecular weight excluding hydrogens is 378 g/mol. The van der Waals surface area contributed by atoms with Crippen LogP contribution < -0.4 is 4.74 Å². The van der Waals surface area contributed by atoms with Crippen LogP contribution >= 0.6 is 0 Å². The average Bonchev–Trinajstić information content (AvgIpc) is 3.32. The third kappa shape index (κ3) is 5.02. The van der Waals surface area contributed by atoms with Crippen LogP contribution in [0.3, 0.4) is 0 Å². The third-order valence-corrected chi connectivity index (χ3v) is 8.59. The molecule has 0 spiro atoms. The molecule has 0 aromatic heterocycles. The lowest BCUT2D eigenvalue weighted by atomic mass is 9.66. The van der Waals surface area contributed by atoms with Gasteiger partial charge >= 0.3 is 0 Å². The normalized spacial score (nSPS) is 30.5. The molecule has 3 saturated carbocycles. The van der Waals surface area contributed by atoms with Gasteiger partial charge in [0.05, 0.1) is 6.61 Å². The second-order valence-electron chi connectivity index (χ2n) is 10.3. The number of hydrogen-bond acceptors (Lipinski definition) is 1. The van der Waals surface area contributed by atoms with Crippen LogP contribution in [0.15, 0.2) is 12.1 Å². The molecule has 4 rings (SSSR count). The fourth-order valence-electron chi connectivity index (χ4n) is 6.72. The van der Waals surface area contributed by atoms with Crippen LogP contribution in [0.4, 0.5) is 8.78 Å². The first-order chi connectivity index (χ1) is 14.7. The Morgan fingerprint density at radius 1 is 0.733 bits per heavy atom. The first-order valence-corrected chi connectivity index (χ1v) is 12.8. The number of halogens is 2. The van der Waals surface area contributed by atoms with Crippen molar-refractivity contribution in [3.8, 4) is 5.75 Å². The fraction of sp³-hybridized carbons (Fsp3) is 0.778. The van der Waals surface area contributed by atoms with Gasteiger partial charge in [0, 0.05) is 0 Å². The fourth-order valence-corrected chi connectivity index (χ4v) is 6.72. The molecule has 0 radical (unpaired) electrons. The molecule has 0 saturated heterocycles. The maximum Gasteiger partial charge on any atom is 0.200 e. The molecule has 3 aliphatic carbocycles. The molecule has 1 nitrogen and oxygen atoms in total. The Morgan fingerprint density at radius 2 is 1.27 bits per heavy atom. The van der Waals surface area contributed by atoms with E-state index in [1.165, 1.54) is 64.2 Å². The summed E-state index contributed by atoms with van der Waals surface area (Å²) in [6.07, 6.45) is 17.8. The summed E-state index contributed by atoms with van der Waals surface area (Å²) in [4.78, 5) is 0. The van der Waals surface area contributed by atoms with Gasteiger partial charge in [0.25, 0.3) is 0 Å². The number of unbranched alkanes of at least 4 members (excludes halogenated alkanes) is 1. The number of benzene rings is 1. The highest BCUT2D eigenvalue weighted by Crippen LogP contribution is 2.47. The highest BCUT2D eigenvalue weighted by molar-refractivity contribution is 5.33. The van der Waals surface area contributed by atoms with Gasteiger partial charge in [0.15, 0.2) is 11.6 Å². The average molecular weight is 419 g/mol. The Bertz CT molecular complexity index is 666. The van der Waals surface area contributed by atoms with E-state index < -0.39 is 11.6 Å². The molecule has 30 heavy (non-hydrogen) atoms. The van der Waals surface area contributed by atoms with Gasteiger partial charge in [-0.1, -0.05) is 45.1 Å². The van der Waals surface area contributed by atoms with E-state index in [1.54, 1.807) is 12.1 Å². The number of hydrogen-bond donors (Lipinski definition) is 0. The van der Waals surface area contributed by atoms with Crippen molar-refractivity contribution in [3.05, 3.63) is 29.3 Å². The Balaban J connectivity index is 1.28. The van der Waals surface area contributed by atoms with Crippen molar-refractivity contribution in [1.82, 2.24) is 0 Å². The van der Waals surface area contributed by atoms with Crippen molar-refractivity contribution in [2.75, 3.05) is 6.61 Å². The van der Waals surface area contributed by atoms with Crippen LogP contribution in [-0.2, 0) is 0 Å². The van der Waals surface area contributed by atoms with Gasteiger partial charge in [-0.2, -0.15) is 4.39 Å². The lowest BCUT2D eigenvalue weighted by Crippen LogP contribution is -2.27. The van der Waals surface area contributed by atoms with Crippen LogP contribution in [0.2, 0.25) is 0 Å². The third-order valence-electron chi connectivity index (χ3n) is 8.59. The Morgan fingerprint density at radius 3 is 1.83 bits per heavy atom. The van der Waals surface area contributed by atoms with E-state index in [0.29, 0.717) is 12.2 Å². The van der Waals surface area contributed by atoms with Gasteiger partial charge in [-0.3, -0.25) is 0 Å². The molecule has 0 N–H and O–H groups in total. The standard InChI is InChI=1S/C27H40F2O/c1-2-3-18-30-25-17-16-24(26(28)27(25)29)23-14-12-22(13-15-23)21-10-8-20(9-11-21)19-6-4-5-7-19/h16-17,19-23H,2-15,18H2,1H3. The summed E-state index contributed by atoms with van der Waals surface area (Å²) in [5, 5.41) is 0. The van der Waals surface area contributed by atoms with Crippen LogP contribution in [0, 0.1) is 35.3 Å². The predicted molar refractivity (Wildman–Crippen MR) is 119 cm³/mol. The Kier molecular flexibility index (Phi) is 7.70. The number of rotatable bonds is 7. The van der Waals surface area contributed by atoms with E-state index in [9.17, 15) is 8.78 Å². The topological polar surface area (TPSA) is 9.23 Å². The molecule has 168 valence electrons. The zero-order chi connectivity index (χ0) is 20.9. The molecule has 0 bridgehead atoms. The van der Waals surface area contributed by atoms with Gasteiger partial charge in [-0.15, -0.1) is 0 Å². The van der Waals surface area contributed by atoms with Crippen molar-refractivity contribution in [2.45, 2.75) is 103 Å². The smallest absolute Gasteiger partial charge is 0.200 e. The van der Waals surface area contributed by atoms with Gasteiger partial charge in [-0.05, 0) is 99.0 Å². The first kappa shape index (κ1) is 22.1. The molecule has 0 atom stereocenters. The molecule has 0 aliphatic heterocycles. The molecule has 3 aliphatic rings. The predicted octanol–water partition coefficient (Wildman–Crippen LogP) is 8.41. The van der Waals surface area contributed by atoms with E-state index in [1.807, 2.05) is 0 Å². The van der Waals surface area contributed by atoms with E-state index in [0.717, 1.165) is 49.4 Å². The molecule has 0 unspecified atom stereocenters. The van der Waals surface area contributed by atoms with Crippen molar-refractivity contribution in [1.29, 1.82) is 0 Å². The maximum absolute atomic E-state index is 14.7. The highest BCUT2D eigenvalue weighted by Gasteiger charge is 2.35. The van der Waals surface area contributed by atoms with Gasteiger partial charge in [0.2, 0.25) is 5.82 Å². The van der Waals surface area contributed by atoms with Crippen LogP contribution in [-0.4, -0.2) is 6.61 Å². The van der Waals surface area contributed by atoms with Crippen LogP contribution in [0.1, 0.15) is 108 Å². The van der Waals surface area contributed by atoms with Crippen molar-refractivity contribution in [2.24, 2.45) is 23.7 Å². The Hall–Kier alpha value is -1.12. The van der Waals surface area contributed by atoms with Crippen molar-refractivity contribution in [3.63, 3.8) is 0 Å². The van der Waals surface area contributed by atoms with Crippen molar-refractivity contribution >= 4 is 0 Å². The molecule has 1 aromatic carbocycles. The maximum atomic E-state index is 14.7. The molecule has 3 heteroatoms. The second kappa shape index (κ2) is 10.5. The summed E-state index contributed by atoms with van der Waals surface area (Å²) < 4.78 is 34.6. The van der Waals surface area contributed by atoms with E-state index in [2.05, 4.69) is 6.92 Å². The molecular formula is C27H40F2O. The summed E-state index contributed by atoms with van der Waals surface area (Å²) in [5.41, 5.74) is 0.568. The minimum Gasteiger partial charge on any atom is -0.490 e. The van der Waals surface area contributed by atoms with Gasteiger partial charge < -0.3 is 4.74 Å². The van der Waals surface area contributed by atoms with E-state index >= 15 is 0 Å². The summed E-state index contributed by atoms with van der Waals surface area (Å²) >= 11 is 0. The minimum absolute atomic E-state index is 0.0670. The molecule has 3 fully saturated rings. The van der Waals surface area contributed by atoms with Crippen molar-refractivity contribution < 1.29 is 13.5 Å². The lowest BCUT2D eigenvalue weighted by molar-refractivity contribution is 0.135. The molecule has 0 heterocycles. The van der Waals surface area contributed by atoms with Crippen LogP contribution in [0.25, 0.3) is 0 Å². The SMILES string of the molecule is CCCCOc1ccc(C2CCC(C3CCC(C4CCCC4)CC3)CC2)c(F)c1F. The zero-order valence-electron chi connectivity index (χ0n) is 18.8. The van der Waals surface area contributed by atoms with Crippen LogP contribution in [0.5, 0.6) is 5.75 Å². The molecule has 1 aromatic rings. The first-order valence-electron chi connectivity index (χ1n) is 12.8. The van der Waals surface area contributed by atoms with Gasteiger partial charge in [0.1, 0.15) is 0 Å².